The SMILES string of the molecule is Cc1ccc(C(=O)c2cnn(-c3ccccc3)n2)cc1C. The summed E-state index contributed by atoms with van der Waals surface area (Å²) >= 11 is 0. The fourth-order valence-electron chi connectivity index (χ4n) is 2.08. The molecular formula is C17H15N3O. The lowest BCUT2D eigenvalue weighted by Crippen LogP contribution is -2.05. The van der Waals surface area contributed by atoms with Crippen LogP contribution in [0.2, 0.25) is 0 Å². The Bertz CT molecular complexity index is 791. The van der Waals surface area contributed by atoms with Crippen LogP contribution in [-0.2, 0) is 0 Å². The highest BCUT2D eigenvalue weighted by Gasteiger charge is 2.14. The first-order chi connectivity index (χ1) is 10.1. The number of rotatable bonds is 3. The van der Waals surface area contributed by atoms with Crippen LogP contribution in [0.1, 0.15) is 27.2 Å². The van der Waals surface area contributed by atoms with Crippen molar-refractivity contribution in [3.05, 3.63) is 77.1 Å². The summed E-state index contributed by atoms with van der Waals surface area (Å²) in [7, 11) is 0. The molecule has 0 saturated heterocycles. The van der Waals surface area contributed by atoms with Crippen LogP contribution >= 0.6 is 0 Å². The first kappa shape index (κ1) is 13.2. The van der Waals surface area contributed by atoms with Crippen LogP contribution in [0, 0.1) is 13.8 Å². The Hall–Kier alpha value is -2.75. The molecule has 1 heterocycles. The Morgan fingerprint density at radius 3 is 2.48 bits per heavy atom. The lowest BCUT2D eigenvalue weighted by atomic mass is 10.0. The minimum absolute atomic E-state index is 0.111. The van der Waals surface area contributed by atoms with Crippen molar-refractivity contribution in [2.45, 2.75) is 13.8 Å². The van der Waals surface area contributed by atoms with Crippen molar-refractivity contribution in [1.82, 2.24) is 15.0 Å². The Balaban J connectivity index is 1.92. The second-order valence-electron chi connectivity index (χ2n) is 4.98. The van der Waals surface area contributed by atoms with E-state index in [1.54, 1.807) is 0 Å². The van der Waals surface area contributed by atoms with Gasteiger partial charge >= 0.3 is 0 Å². The van der Waals surface area contributed by atoms with Crippen molar-refractivity contribution in [3.8, 4) is 5.69 Å². The number of aryl methyl sites for hydroxylation is 2. The quantitative estimate of drug-likeness (QED) is 0.691. The van der Waals surface area contributed by atoms with Gasteiger partial charge in [0.25, 0.3) is 0 Å². The minimum Gasteiger partial charge on any atom is -0.287 e. The molecule has 0 atom stereocenters. The van der Waals surface area contributed by atoms with Gasteiger partial charge in [-0.15, -0.1) is 5.10 Å². The van der Waals surface area contributed by atoms with E-state index < -0.39 is 0 Å². The van der Waals surface area contributed by atoms with Gasteiger partial charge in [-0.05, 0) is 43.2 Å². The summed E-state index contributed by atoms with van der Waals surface area (Å²) in [5.41, 5.74) is 4.08. The molecule has 2 aromatic carbocycles. The van der Waals surface area contributed by atoms with Crippen LogP contribution in [0.4, 0.5) is 0 Å². The van der Waals surface area contributed by atoms with Gasteiger partial charge in [0.2, 0.25) is 5.78 Å². The number of carbonyl (C=O) groups excluding carboxylic acids is 1. The molecule has 4 heteroatoms. The maximum atomic E-state index is 12.4. The van der Waals surface area contributed by atoms with Crippen molar-refractivity contribution < 1.29 is 4.79 Å². The summed E-state index contributed by atoms with van der Waals surface area (Å²) in [5, 5.41) is 8.42. The van der Waals surface area contributed by atoms with E-state index in [9.17, 15) is 4.79 Å². The third-order valence-electron chi connectivity index (χ3n) is 3.48. The normalized spacial score (nSPS) is 10.6. The van der Waals surface area contributed by atoms with Crippen LogP contribution < -0.4 is 0 Å². The van der Waals surface area contributed by atoms with Crippen LogP contribution in [-0.4, -0.2) is 20.8 Å². The van der Waals surface area contributed by atoms with Gasteiger partial charge < -0.3 is 0 Å². The molecule has 3 rings (SSSR count). The molecule has 0 unspecified atom stereocenters. The van der Waals surface area contributed by atoms with Gasteiger partial charge in [-0.25, -0.2) is 0 Å². The van der Waals surface area contributed by atoms with Crippen molar-refractivity contribution in [2.75, 3.05) is 0 Å². The molecule has 104 valence electrons. The molecule has 0 aliphatic carbocycles. The van der Waals surface area contributed by atoms with Crippen molar-refractivity contribution in [3.63, 3.8) is 0 Å². The molecule has 0 spiro atoms. The van der Waals surface area contributed by atoms with Gasteiger partial charge in [-0.1, -0.05) is 30.3 Å². The van der Waals surface area contributed by atoms with Crippen molar-refractivity contribution in [1.29, 1.82) is 0 Å². The molecule has 0 aliphatic rings. The zero-order valence-corrected chi connectivity index (χ0v) is 11.9. The van der Waals surface area contributed by atoms with E-state index >= 15 is 0 Å². The first-order valence-corrected chi connectivity index (χ1v) is 6.75. The number of ketones is 1. The summed E-state index contributed by atoms with van der Waals surface area (Å²) in [4.78, 5) is 13.9. The molecule has 0 aliphatic heterocycles. The maximum Gasteiger partial charge on any atom is 0.214 e. The van der Waals surface area contributed by atoms with Gasteiger partial charge in [0.1, 0.15) is 0 Å². The molecule has 0 fully saturated rings. The average molecular weight is 277 g/mol. The van der Waals surface area contributed by atoms with Gasteiger partial charge in [-0.3, -0.25) is 4.79 Å². The lowest BCUT2D eigenvalue weighted by molar-refractivity contribution is 0.103. The fourth-order valence-corrected chi connectivity index (χ4v) is 2.08. The second kappa shape index (κ2) is 5.32. The Morgan fingerprint density at radius 2 is 1.76 bits per heavy atom. The number of carbonyl (C=O) groups is 1. The third kappa shape index (κ3) is 2.60. The Kier molecular flexibility index (Phi) is 3.36. The van der Waals surface area contributed by atoms with E-state index in [1.807, 2.05) is 62.4 Å². The zero-order valence-electron chi connectivity index (χ0n) is 11.9. The number of aromatic nitrogens is 3. The molecule has 0 N–H and O–H groups in total. The standard InChI is InChI=1S/C17H15N3O/c1-12-8-9-14(10-13(12)2)17(21)16-11-18-20(19-16)15-6-4-3-5-7-15/h3-11H,1-2H3. The third-order valence-corrected chi connectivity index (χ3v) is 3.48. The summed E-state index contributed by atoms with van der Waals surface area (Å²) in [6.07, 6.45) is 1.50. The lowest BCUT2D eigenvalue weighted by Gasteiger charge is -2.02. The molecule has 1 aromatic heterocycles. The number of benzene rings is 2. The summed E-state index contributed by atoms with van der Waals surface area (Å²) in [5.74, 6) is -0.111. The van der Waals surface area contributed by atoms with Crippen LogP contribution in [0.25, 0.3) is 5.69 Å². The van der Waals surface area contributed by atoms with Gasteiger partial charge in [0.05, 0.1) is 11.9 Å². The zero-order chi connectivity index (χ0) is 14.8. The van der Waals surface area contributed by atoms with Crippen molar-refractivity contribution >= 4 is 5.78 Å². The highest BCUT2D eigenvalue weighted by molar-refractivity contribution is 6.07. The van der Waals surface area contributed by atoms with Crippen LogP contribution in [0.5, 0.6) is 0 Å². The predicted molar refractivity (Wildman–Crippen MR) is 80.7 cm³/mol. The molecule has 21 heavy (non-hydrogen) atoms. The molecular weight excluding hydrogens is 262 g/mol. The van der Waals surface area contributed by atoms with Gasteiger partial charge in [0, 0.05) is 5.56 Å². The van der Waals surface area contributed by atoms with Gasteiger partial charge in [0.15, 0.2) is 5.69 Å². The summed E-state index contributed by atoms with van der Waals surface area (Å²) < 4.78 is 0. The monoisotopic (exact) mass is 277 g/mol. The number of hydrogen-bond donors (Lipinski definition) is 0. The van der Waals surface area contributed by atoms with Crippen LogP contribution in [0.15, 0.2) is 54.7 Å². The predicted octanol–water partition coefficient (Wildman–Crippen LogP) is 3.12. The van der Waals surface area contributed by atoms with Crippen molar-refractivity contribution in [2.24, 2.45) is 0 Å². The number of nitrogens with zero attached hydrogens (tertiary/aromatic N) is 3. The second-order valence-corrected chi connectivity index (χ2v) is 4.98. The fraction of sp³-hybridized carbons (Fsp3) is 0.118. The number of hydrogen-bond acceptors (Lipinski definition) is 3. The average Bonchev–Trinajstić information content (AvgIpc) is 3.00. The van der Waals surface area contributed by atoms with Crippen LogP contribution in [0.3, 0.4) is 0 Å². The number of para-hydroxylation sites is 1. The highest BCUT2D eigenvalue weighted by atomic mass is 16.1. The Morgan fingerprint density at radius 1 is 1.00 bits per heavy atom. The molecule has 4 nitrogen and oxygen atoms in total. The van der Waals surface area contributed by atoms with E-state index in [0.29, 0.717) is 11.3 Å². The molecule has 0 amide bonds. The van der Waals surface area contributed by atoms with E-state index in [2.05, 4.69) is 10.2 Å². The smallest absolute Gasteiger partial charge is 0.214 e. The van der Waals surface area contributed by atoms with Gasteiger partial charge in [-0.2, -0.15) is 9.90 Å². The van der Waals surface area contributed by atoms with E-state index in [0.717, 1.165) is 11.3 Å². The molecule has 3 aromatic rings. The largest absolute Gasteiger partial charge is 0.287 e. The van der Waals surface area contributed by atoms with E-state index in [-0.39, 0.29) is 5.78 Å². The minimum atomic E-state index is -0.111. The molecule has 0 bridgehead atoms. The summed E-state index contributed by atoms with van der Waals surface area (Å²) in [6.45, 7) is 4.02. The maximum absolute atomic E-state index is 12.4. The molecule has 0 saturated carbocycles. The van der Waals surface area contributed by atoms with E-state index in [1.165, 1.54) is 16.6 Å². The first-order valence-electron chi connectivity index (χ1n) is 6.75. The topological polar surface area (TPSA) is 47.8 Å². The Labute approximate surface area is 123 Å². The van der Waals surface area contributed by atoms with E-state index in [4.69, 9.17) is 0 Å². The molecule has 0 radical (unpaired) electrons. The highest BCUT2D eigenvalue weighted by Crippen LogP contribution is 2.13. The summed E-state index contributed by atoms with van der Waals surface area (Å²) in [6, 6.07) is 15.2.